The molecule has 0 aromatic heterocycles. The number of hydrogen-bond acceptors (Lipinski definition) is 3. The summed E-state index contributed by atoms with van der Waals surface area (Å²) in [6.07, 6.45) is 0.0293. The first kappa shape index (κ1) is 21.6. The number of carbonyl (C=O) groups is 1. The summed E-state index contributed by atoms with van der Waals surface area (Å²) in [5.74, 6) is -0.206. The molecule has 0 saturated carbocycles. The van der Waals surface area contributed by atoms with E-state index in [0.29, 0.717) is 10.0 Å². The second kappa shape index (κ2) is 9.13. The van der Waals surface area contributed by atoms with Crippen LogP contribution in [0.4, 0.5) is 0 Å². The minimum atomic E-state index is -3.70. The van der Waals surface area contributed by atoms with Crippen molar-refractivity contribution in [1.82, 2.24) is 9.62 Å². The smallest absolute Gasteiger partial charge is 0.240 e. The van der Waals surface area contributed by atoms with Gasteiger partial charge in [0.05, 0.1) is 14.9 Å². The van der Waals surface area contributed by atoms with Gasteiger partial charge in [-0.05, 0) is 34.5 Å². The average Bonchev–Trinajstić information content (AvgIpc) is 2.70. The number of nitrogens with one attached hydrogen (secondary N) is 1. The summed E-state index contributed by atoms with van der Waals surface area (Å²) in [5.41, 5.74) is 0.728. The third-order valence-corrected chi connectivity index (χ3v) is 6.84. The Morgan fingerprint density at radius 2 is 1.72 bits per heavy atom. The van der Waals surface area contributed by atoms with Crippen molar-refractivity contribution in [1.29, 1.82) is 0 Å². The van der Waals surface area contributed by atoms with Crippen molar-refractivity contribution in [2.45, 2.75) is 17.9 Å². The molecule has 0 aliphatic carbocycles. The summed E-state index contributed by atoms with van der Waals surface area (Å²) in [6.45, 7) is 0.289. The number of hydrogen-bond donors (Lipinski definition) is 1. The lowest BCUT2D eigenvalue weighted by atomic mass is 10.1. The largest absolute Gasteiger partial charge is 0.341 e. The van der Waals surface area contributed by atoms with Crippen molar-refractivity contribution >= 4 is 49.9 Å². The first-order chi connectivity index (χ1) is 13.8. The molecule has 0 bridgehead atoms. The highest BCUT2D eigenvalue weighted by Gasteiger charge is 2.17. The molecule has 8 heteroatoms. The fraction of sp³-hybridized carbons (Fsp3) is 0.190. The quantitative estimate of drug-likeness (QED) is 0.576. The summed E-state index contributed by atoms with van der Waals surface area (Å²) < 4.78 is 27.6. The summed E-state index contributed by atoms with van der Waals surface area (Å²) in [5, 5.41) is 2.63. The molecule has 3 aromatic rings. The van der Waals surface area contributed by atoms with Gasteiger partial charge in [-0.1, -0.05) is 65.7 Å². The van der Waals surface area contributed by atoms with Gasteiger partial charge in [-0.2, -0.15) is 0 Å². The standard InChI is InChI=1S/C21H20Cl2N2O3S/c1-25(14-17-7-4-8-19(22)21(17)23)20(26)11-12-24-29(27,28)18-10-9-15-5-2-3-6-16(15)13-18/h2-10,13,24H,11-12,14H2,1H3. The highest BCUT2D eigenvalue weighted by molar-refractivity contribution is 7.89. The molecule has 0 atom stereocenters. The van der Waals surface area contributed by atoms with E-state index in [-0.39, 0.29) is 30.3 Å². The Labute approximate surface area is 180 Å². The zero-order chi connectivity index (χ0) is 21.0. The summed E-state index contributed by atoms with van der Waals surface area (Å²) in [6, 6.07) is 17.7. The van der Waals surface area contributed by atoms with Crippen molar-refractivity contribution in [3.05, 3.63) is 76.3 Å². The van der Waals surface area contributed by atoms with Crippen LogP contribution < -0.4 is 4.72 Å². The predicted octanol–water partition coefficient (Wildman–Crippen LogP) is 4.47. The van der Waals surface area contributed by atoms with Gasteiger partial charge in [0.1, 0.15) is 0 Å². The Balaban J connectivity index is 1.58. The van der Waals surface area contributed by atoms with Crippen molar-refractivity contribution < 1.29 is 13.2 Å². The summed E-state index contributed by atoms with van der Waals surface area (Å²) >= 11 is 12.1. The van der Waals surface area contributed by atoms with Crippen LogP contribution in [0, 0.1) is 0 Å². The molecule has 152 valence electrons. The van der Waals surface area contributed by atoms with E-state index in [1.54, 1.807) is 43.4 Å². The molecular formula is C21H20Cl2N2O3S. The molecule has 0 radical (unpaired) electrons. The molecule has 0 aliphatic rings. The van der Waals surface area contributed by atoms with Crippen LogP contribution in [0.5, 0.6) is 0 Å². The molecule has 0 spiro atoms. The van der Waals surface area contributed by atoms with E-state index in [1.165, 1.54) is 4.90 Å². The van der Waals surface area contributed by atoms with Gasteiger partial charge in [0.15, 0.2) is 0 Å². The van der Waals surface area contributed by atoms with Crippen molar-refractivity contribution in [2.24, 2.45) is 0 Å². The van der Waals surface area contributed by atoms with Gasteiger partial charge in [0.2, 0.25) is 15.9 Å². The number of halogens is 2. The van der Waals surface area contributed by atoms with Gasteiger partial charge in [0.25, 0.3) is 0 Å². The van der Waals surface area contributed by atoms with E-state index < -0.39 is 10.0 Å². The average molecular weight is 451 g/mol. The summed E-state index contributed by atoms with van der Waals surface area (Å²) in [4.78, 5) is 14.0. The van der Waals surface area contributed by atoms with Crippen LogP contribution in [-0.2, 0) is 21.4 Å². The normalized spacial score (nSPS) is 11.6. The highest BCUT2D eigenvalue weighted by atomic mass is 35.5. The van der Waals surface area contributed by atoms with Crippen LogP contribution in [0.25, 0.3) is 10.8 Å². The second-order valence-corrected chi connectivity index (χ2v) is 9.17. The van der Waals surface area contributed by atoms with Crippen molar-refractivity contribution in [3.63, 3.8) is 0 Å². The number of sulfonamides is 1. The minimum Gasteiger partial charge on any atom is -0.341 e. The summed E-state index contributed by atoms with van der Waals surface area (Å²) in [7, 11) is -2.07. The molecule has 0 heterocycles. The lowest BCUT2D eigenvalue weighted by Gasteiger charge is -2.18. The molecule has 1 amide bonds. The number of amides is 1. The van der Waals surface area contributed by atoms with Gasteiger partial charge >= 0.3 is 0 Å². The minimum absolute atomic E-state index is 0.00160. The third-order valence-electron chi connectivity index (χ3n) is 4.53. The molecule has 5 nitrogen and oxygen atoms in total. The second-order valence-electron chi connectivity index (χ2n) is 6.62. The monoisotopic (exact) mass is 450 g/mol. The highest BCUT2D eigenvalue weighted by Crippen LogP contribution is 2.26. The van der Waals surface area contributed by atoms with E-state index in [1.807, 2.05) is 24.3 Å². The fourth-order valence-corrected chi connectivity index (χ4v) is 4.36. The van der Waals surface area contributed by atoms with Crippen LogP contribution >= 0.6 is 23.2 Å². The fourth-order valence-electron chi connectivity index (χ4n) is 2.92. The Hall–Kier alpha value is -2.12. The molecule has 3 rings (SSSR count). The Morgan fingerprint density at radius 3 is 2.48 bits per heavy atom. The number of fused-ring (bicyclic) bond motifs is 1. The molecule has 0 aliphatic heterocycles. The van der Waals surface area contributed by atoms with Gasteiger partial charge in [-0.15, -0.1) is 0 Å². The van der Waals surface area contributed by atoms with E-state index in [0.717, 1.165) is 16.3 Å². The number of rotatable bonds is 7. The first-order valence-electron chi connectivity index (χ1n) is 8.93. The Morgan fingerprint density at radius 1 is 1.00 bits per heavy atom. The SMILES string of the molecule is CN(Cc1cccc(Cl)c1Cl)C(=O)CCNS(=O)(=O)c1ccc2ccccc2c1. The third kappa shape index (κ3) is 5.28. The lowest BCUT2D eigenvalue weighted by Crippen LogP contribution is -2.32. The van der Waals surface area contributed by atoms with Gasteiger partial charge in [-0.25, -0.2) is 13.1 Å². The first-order valence-corrected chi connectivity index (χ1v) is 11.2. The Kier molecular flexibility index (Phi) is 6.80. The molecule has 1 N–H and O–H groups in total. The maximum Gasteiger partial charge on any atom is 0.240 e. The number of nitrogens with zero attached hydrogens (tertiary/aromatic N) is 1. The van der Waals surface area contributed by atoms with Gasteiger partial charge in [-0.3, -0.25) is 4.79 Å². The predicted molar refractivity (Wildman–Crippen MR) is 117 cm³/mol. The molecule has 0 saturated heterocycles. The van der Waals surface area contributed by atoms with E-state index in [2.05, 4.69) is 4.72 Å². The number of carbonyl (C=O) groups excluding carboxylic acids is 1. The van der Waals surface area contributed by atoms with E-state index >= 15 is 0 Å². The topological polar surface area (TPSA) is 66.5 Å². The maximum absolute atomic E-state index is 12.5. The van der Waals surface area contributed by atoms with Crippen LogP contribution in [0.2, 0.25) is 10.0 Å². The molecule has 0 fully saturated rings. The molecule has 0 unspecified atom stereocenters. The van der Waals surface area contributed by atoms with Gasteiger partial charge in [0, 0.05) is 26.6 Å². The van der Waals surface area contributed by atoms with Gasteiger partial charge < -0.3 is 4.90 Å². The van der Waals surface area contributed by atoms with Crippen LogP contribution in [0.1, 0.15) is 12.0 Å². The number of benzene rings is 3. The van der Waals surface area contributed by atoms with Crippen LogP contribution in [0.15, 0.2) is 65.6 Å². The van der Waals surface area contributed by atoms with Crippen molar-refractivity contribution in [3.8, 4) is 0 Å². The zero-order valence-corrected chi connectivity index (χ0v) is 18.1. The Bertz CT molecular complexity index is 1150. The molecule has 3 aromatic carbocycles. The lowest BCUT2D eigenvalue weighted by molar-refractivity contribution is -0.130. The maximum atomic E-state index is 12.5. The molecule has 29 heavy (non-hydrogen) atoms. The van der Waals surface area contributed by atoms with E-state index in [4.69, 9.17) is 23.2 Å². The van der Waals surface area contributed by atoms with Crippen LogP contribution in [-0.4, -0.2) is 32.8 Å². The van der Waals surface area contributed by atoms with Crippen molar-refractivity contribution in [2.75, 3.05) is 13.6 Å². The zero-order valence-electron chi connectivity index (χ0n) is 15.7. The van der Waals surface area contributed by atoms with E-state index in [9.17, 15) is 13.2 Å². The van der Waals surface area contributed by atoms with Crippen LogP contribution in [0.3, 0.4) is 0 Å². The molecular weight excluding hydrogens is 431 g/mol.